The number of hydrogen-bond donors (Lipinski definition) is 2. The molecule has 0 radical (unpaired) electrons. The Kier molecular flexibility index (Phi) is 6.79. The Morgan fingerprint density at radius 3 is 2.76 bits per heavy atom. The summed E-state index contributed by atoms with van der Waals surface area (Å²) >= 11 is 8.32. The number of hydrogen-bond acceptors (Lipinski definition) is 4. The molecule has 0 amide bonds. The van der Waals surface area contributed by atoms with Gasteiger partial charge in [0.1, 0.15) is 4.93 Å². The molecule has 1 rings (SSSR count). The van der Waals surface area contributed by atoms with Crippen LogP contribution in [0, 0.1) is 17.1 Å². The molecule has 0 bridgehead atoms. The van der Waals surface area contributed by atoms with E-state index in [1.54, 1.807) is 0 Å². The summed E-state index contributed by atoms with van der Waals surface area (Å²) in [6.07, 6.45) is 3.11. The van der Waals surface area contributed by atoms with E-state index in [-0.39, 0.29) is 4.93 Å². The van der Waals surface area contributed by atoms with E-state index in [4.69, 9.17) is 4.74 Å². The van der Waals surface area contributed by atoms with Gasteiger partial charge in [0.15, 0.2) is 0 Å². The summed E-state index contributed by atoms with van der Waals surface area (Å²) in [6, 6.07) is 0. The molecule has 0 saturated carbocycles. The van der Waals surface area contributed by atoms with Gasteiger partial charge in [-0.25, -0.2) is 0 Å². The van der Waals surface area contributed by atoms with Gasteiger partial charge in [0.2, 0.25) is 0 Å². The standard InChI is InChI=1S/C13H23NOS2/c1-3-13(2,17)15-8-7-14-10-12(11-14)6-4-5-9-16/h12,16-17H,3-4,6-8,10-11H2,1-2H3. The molecule has 1 heterocycles. The molecule has 0 N–H and O–H groups in total. The minimum Gasteiger partial charge on any atom is -0.364 e. The van der Waals surface area contributed by atoms with Crippen molar-refractivity contribution in [3.63, 3.8) is 0 Å². The van der Waals surface area contributed by atoms with Crippen LogP contribution in [-0.4, -0.2) is 36.1 Å². The van der Waals surface area contributed by atoms with E-state index in [0.29, 0.717) is 0 Å². The fraction of sp³-hybridized carbons (Fsp3) is 0.846. The second kappa shape index (κ2) is 7.58. The Balaban J connectivity index is 2.00. The Morgan fingerprint density at radius 2 is 2.18 bits per heavy atom. The quantitative estimate of drug-likeness (QED) is 0.420. The molecule has 1 aliphatic heterocycles. The smallest absolute Gasteiger partial charge is 0.107 e. The van der Waals surface area contributed by atoms with E-state index in [1.807, 2.05) is 6.92 Å². The van der Waals surface area contributed by atoms with Crippen LogP contribution < -0.4 is 0 Å². The van der Waals surface area contributed by atoms with Crippen molar-refractivity contribution in [2.75, 3.05) is 26.2 Å². The van der Waals surface area contributed by atoms with E-state index < -0.39 is 0 Å². The highest BCUT2D eigenvalue weighted by Gasteiger charge is 2.26. The van der Waals surface area contributed by atoms with Gasteiger partial charge in [-0.3, -0.25) is 0 Å². The maximum Gasteiger partial charge on any atom is 0.107 e. The van der Waals surface area contributed by atoms with Crippen molar-refractivity contribution >= 4 is 25.3 Å². The summed E-state index contributed by atoms with van der Waals surface area (Å²) in [4.78, 5) is 2.16. The Hall–Kier alpha value is 0.180. The molecule has 1 saturated heterocycles. The highest BCUT2D eigenvalue weighted by Crippen LogP contribution is 2.22. The van der Waals surface area contributed by atoms with Crippen LogP contribution in [0.5, 0.6) is 0 Å². The molecule has 0 aliphatic carbocycles. The molecular formula is C13H23NOS2. The summed E-state index contributed by atoms with van der Waals surface area (Å²) in [5.74, 6) is 3.81. The minimum absolute atomic E-state index is 0.271. The zero-order valence-electron chi connectivity index (χ0n) is 10.8. The summed E-state index contributed by atoms with van der Waals surface area (Å²) in [6.45, 7) is 8.28. The number of likely N-dealkylation sites (tertiary alicyclic amines) is 1. The van der Waals surface area contributed by atoms with Gasteiger partial charge >= 0.3 is 0 Å². The first kappa shape index (κ1) is 15.2. The van der Waals surface area contributed by atoms with Crippen molar-refractivity contribution in [2.24, 2.45) is 5.92 Å². The Labute approximate surface area is 116 Å². The van der Waals surface area contributed by atoms with Crippen molar-refractivity contribution < 1.29 is 4.74 Å². The third-order valence-corrected chi connectivity index (χ3v) is 3.87. The van der Waals surface area contributed by atoms with Gasteiger partial charge in [-0.05, 0) is 30.9 Å². The van der Waals surface area contributed by atoms with Crippen molar-refractivity contribution in [3.05, 3.63) is 0 Å². The molecule has 1 atom stereocenters. The lowest BCUT2D eigenvalue weighted by molar-refractivity contribution is 0.000472. The second-order valence-electron chi connectivity index (χ2n) is 4.83. The summed E-state index contributed by atoms with van der Waals surface area (Å²) in [5.41, 5.74) is 0. The van der Waals surface area contributed by atoms with Crippen LogP contribution in [0.3, 0.4) is 0 Å². The molecule has 17 heavy (non-hydrogen) atoms. The number of ether oxygens (including phenoxy) is 1. The first-order chi connectivity index (χ1) is 8.07. The molecule has 0 aromatic heterocycles. The minimum atomic E-state index is -0.271. The highest BCUT2D eigenvalue weighted by molar-refractivity contribution is 7.85. The molecule has 0 spiro atoms. The van der Waals surface area contributed by atoms with Crippen molar-refractivity contribution in [2.45, 2.75) is 38.0 Å². The average molecular weight is 273 g/mol. The molecule has 0 aromatic carbocycles. The lowest BCUT2D eigenvalue weighted by Crippen LogP contribution is -2.48. The van der Waals surface area contributed by atoms with Crippen LogP contribution in [0.15, 0.2) is 0 Å². The van der Waals surface area contributed by atoms with Gasteiger partial charge in [0.05, 0.1) is 6.61 Å². The maximum absolute atomic E-state index is 5.71. The predicted molar refractivity (Wildman–Crippen MR) is 79.6 cm³/mol. The summed E-state index contributed by atoms with van der Waals surface area (Å²) < 4.78 is 5.71. The number of nitrogens with zero attached hydrogens (tertiary/aromatic N) is 1. The third kappa shape index (κ3) is 6.05. The normalized spacial score (nSPS) is 20.2. The second-order valence-corrected chi connectivity index (χ2v) is 6.00. The average Bonchev–Trinajstić information content (AvgIpc) is 2.24. The van der Waals surface area contributed by atoms with Crippen LogP contribution in [0.25, 0.3) is 0 Å². The number of rotatable bonds is 7. The first-order valence-corrected chi connectivity index (χ1v) is 7.17. The van der Waals surface area contributed by atoms with E-state index in [9.17, 15) is 0 Å². The lowest BCUT2D eigenvalue weighted by Gasteiger charge is -2.39. The Morgan fingerprint density at radius 1 is 1.47 bits per heavy atom. The van der Waals surface area contributed by atoms with Gasteiger partial charge in [0, 0.05) is 26.1 Å². The predicted octanol–water partition coefficient (Wildman–Crippen LogP) is 2.66. The van der Waals surface area contributed by atoms with Crippen LogP contribution in [0.2, 0.25) is 0 Å². The first-order valence-electron chi connectivity index (χ1n) is 6.28. The van der Waals surface area contributed by atoms with E-state index in [0.717, 1.165) is 31.9 Å². The van der Waals surface area contributed by atoms with Gasteiger partial charge in [-0.15, -0.1) is 12.6 Å². The largest absolute Gasteiger partial charge is 0.364 e. The molecule has 0 aromatic rings. The Bertz CT molecular complexity index is 277. The van der Waals surface area contributed by atoms with E-state index >= 15 is 0 Å². The van der Waals surface area contributed by atoms with Gasteiger partial charge in [-0.2, -0.15) is 0 Å². The SMILES string of the molecule is CCC(C)(S)OCCN1CC(CCC#CS)C1. The fourth-order valence-electron chi connectivity index (χ4n) is 1.87. The van der Waals surface area contributed by atoms with Crippen molar-refractivity contribution in [1.29, 1.82) is 0 Å². The van der Waals surface area contributed by atoms with Gasteiger partial charge in [0.25, 0.3) is 0 Å². The van der Waals surface area contributed by atoms with Gasteiger partial charge in [-0.1, -0.05) is 25.5 Å². The van der Waals surface area contributed by atoms with Crippen LogP contribution in [0.4, 0.5) is 0 Å². The maximum atomic E-state index is 5.71. The zero-order chi connectivity index (χ0) is 12.7. The molecule has 2 nitrogen and oxygen atoms in total. The van der Waals surface area contributed by atoms with E-state index in [2.05, 4.69) is 48.3 Å². The molecule has 1 unspecified atom stereocenters. The van der Waals surface area contributed by atoms with Gasteiger partial charge < -0.3 is 9.64 Å². The topological polar surface area (TPSA) is 12.5 Å². The summed E-state index contributed by atoms with van der Waals surface area (Å²) in [7, 11) is 0. The molecule has 4 heteroatoms. The monoisotopic (exact) mass is 273 g/mol. The lowest BCUT2D eigenvalue weighted by atomic mass is 9.95. The molecule has 98 valence electrons. The van der Waals surface area contributed by atoms with Crippen LogP contribution in [-0.2, 0) is 4.74 Å². The highest BCUT2D eigenvalue weighted by atomic mass is 32.1. The number of thiol groups is 2. The van der Waals surface area contributed by atoms with Crippen LogP contribution >= 0.6 is 25.3 Å². The fourth-order valence-corrected chi connectivity index (χ4v) is 2.07. The van der Waals surface area contributed by atoms with Crippen LogP contribution in [0.1, 0.15) is 33.1 Å². The zero-order valence-corrected chi connectivity index (χ0v) is 12.6. The third-order valence-electron chi connectivity index (χ3n) is 3.27. The molecule has 1 aliphatic rings. The van der Waals surface area contributed by atoms with E-state index in [1.165, 1.54) is 19.5 Å². The molecular weight excluding hydrogens is 250 g/mol. The van der Waals surface area contributed by atoms with Crippen molar-refractivity contribution in [1.82, 2.24) is 4.90 Å². The van der Waals surface area contributed by atoms with Crippen molar-refractivity contribution in [3.8, 4) is 11.2 Å². The summed E-state index contributed by atoms with van der Waals surface area (Å²) in [5, 5.41) is 2.64. The molecule has 1 fully saturated rings.